The lowest BCUT2D eigenvalue weighted by Crippen LogP contribution is -2.45. The standard InChI is InChI=1S/C33H28N2O3/c36-31(35-30(32(37)38)22-28-21-20-24-12-10-11-19-29(24)34-28)23-33(25-13-4-1-5-14-25,26-15-6-2-7-16-26)27-17-8-3-9-18-27/h1-21,30H,22-23H2,(H,35,36)(H,37,38)/t30-/m0/s1. The van der Waals surface area contributed by atoms with E-state index in [0.29, 0.717) is 5.69 Å². The zero-order chi connectivity index (χ0) is 26.4. The molecule has 0 unspecified atom stereocenters. The van der Waals surface area contributed by atoms with Gasteiger partial charge in [0, 0.05) is 23.9 Å². The number of carbonyl (C=O) groups excluding carboxylic acids is 1. The quantitative estimate of drug-likeness (QED) is 0.252. The highest BCUT2D eigenvalue weighted by atomic mass is 16.4. The summed E-state index contributed by atoms with van der Waals surface area (Å²) in [6, 6.07) is 40.0. The number of pyridine rings is 1. The number of carboxylic acids is 1. The van der Waals surface area contributed by atoms with Gasteiger partial charge in [0.2, 0.25) is 5.91 Å². The van der Waals surface area contributed by atoms with Gasteiger partial charge in [0.05, 0.1) is 10.9 Å². The maximum absolute atomic E-state index is 13.7. The first-order valence-corrected chi connectivity index (χ1v) is 12.6. The van der Waals surface area contributed by atoms with Gasteiger partial charge < -0.3 is 10.4 Å². The molecule has 1 heterocycles. The molecule has 0 fully saturated rings. The molecule has 0 aliphatic carbocycles. The van der Waals surface area contributed by atoms with Crippen LogP contribution in [-0.4, -0.2) is 28.0 Å². The molecule has 0 spiro atoms. The summed E-state index contributed by atoms with van der Waals surface area (Å²) >= 11 is 0. The van der Waals surface area contributed by atoms with E-state index in [4.69, 9.17) is 0 Å². The summed E-state index contributed by atoms with van der Waals surface area (Å²) in [5.74, 6) is -1.45. The van der Waals surface area contributed by atoms with Crippen LogP contribution in [0.3, 0.4) is 0 Å². The number of hydrogen-bond acceptors (Lipinski definition) is 3. The fourth-order valence-corrected chi connectivity index (χ4v) is 5.09. The molecular weight excluding hydrogens is 472 g/mol. The number of fused-ring (bicyclic) bond motifs is 1. The van der Waals surface area contributed by atoms with Crippen molar-refractivity contribution in [2.24, 2.45) is 0 Å². The van der Waals surface area contributed by atoms with E-state index in [2.05, 4.69) is 10.3 Å². The smallest absolute Gasteiger partial charge is 0.326 e. The zero-order valence-electron chi connectivity index (χ0n) is 20.8. The number of aromatic nitrogens is 1. The minimum Gasteiger partial charge on any atom is -0.480 e. The van der Waals surface area contributed by atoms with Crippen molar-refractivity contribution in [3.63, 3.8) is 0 Å². The summed E-state index contributed by atoms with van der Waals surface area (Å²) in [6.45, 7) is 0. The molecule has 5 nitrogen and oxygen atoms in total. The van der Waals surface area contributed by atoms with E-state index in [9.17, 15) is 14.7 Å². The van der Waals surface area contributed by atoms with Crippen LogP contribution in [0.25, 0.3) is 10.9 Å². The fourth-order valence-electron chi connectivity index (χ4n) is 5.09. The Hall–Kier alpha value is -4.77. The van der Waals surface area contributed by atoms with Crippen molar-refractivity contribution in [3.8, 4) is 0 Å². The summed E-state index contributed by atoms with van der Waals surface area (Å²) in [7, 11) is 0. The highest BCUT2D eigenvalue weighted by Crippen LogP contribution is 2.42. The van der Waals surface area contributed by atoms with Crippen LogP contribution >= 0.6 is 0 Å². The van der Waals surface area contributed by atoms with Crippen molar-refractivity contribution in [2.75, 3.05) is 0 Å². The first-order valence-electron chi connectivity index (χ1n) is 12.6. The number of carbonyl (C=O) groups is 2. The SMILES string of the molecule is O=C(CC(c1ccccc1)(c1ccccc1)c1ccccc1)N[C@@H](Cc1ccc2ccccc2n1)C(=O)O. The van der Waals surface area contributed by atoms with Crippen molar-refractivity contribution in [2.45, 2.75) is 24.3 Å². The normalized spacial score (nSPS) is 12.1. The van der Waals surface area contributed by atoms with Gasteiger partial charge in [0.1, 0.15) is 6.04 Å². The number of nitrogens with zero attached hydrogens (tertiary/aromatic N) is 1. The average Bonchev–Trinajstić information content (AvgIpc) is 2.97. The van der Waals surface area contributed by atoms with E-state index in [0.717, 1.165) is 27.6 Å². The Morgan fingerprint density at radius 1 is 0.684 bits per heavy atom. The molecule has 1 amide bonds. The molecule has 2 N–H and O–H groups in total. The van der Waals surface area contributed by atoms with Crippen LogP contribution < -0.4 is 5.32 Å². The number of hydrogen-bond donors (Lipinski definition) is 2. The molecule has 0 radical (unpaired) electrons. The predicted octanol–water partition coefficient (Wildman–Crippen LogP) is 5.77. The third-order valence-electron chi connectivity index (χ3n) is 6.93. The lowest BCUT2D eigenvalue weighted by molar-refractivity contribution is -0.141. The van der Waals surface area contributed by atoms with Gasteiger partial charge in [-0.15, -0.1) is 0 Å². The maximum Gasteiger partial charge on any atom is 0.326 e. The second-order valence-electron chi connectivity index (χ2n) is 9.34. The average molecular weight is 501 g/mol. The maximum atomic E-state index is 13.7. The third kappa shape index (κ3) is 5.18. The Kier molecular flexibility index (Phi) is 7.27. The lowest BCUT2D eigenvalue weighted by Gasteiger charge is -2.36. The lowest BCUT2D eigenvalue weighted by atomic mass is 9.67. The van der Waals surface area contributed by atoms with Crippen molar-refractivity contribution < 1.29 is 14.7 Å². The number of nitrogens with one attached hydrogen (secondary N) is 1. The molecule has 5 rings (SSSR count). The summed E-state index contributed by atoms with van der Waals surface area (Å²) in [6.07, 6.45) is 0.126. The second-order valence-corrected chi connectivity index (χ2v) is 9.34. The van der Waals surface area contributed by atoms with Gasteiger partial charge in [-0.1, -0.05) is 115 Å². The molecule has 1 aromatic heterocycles. The largest absolute Gasteiger partial charge is 0.480 e. The van der Waals surface area contributed by atoms with Crippen LogP contribution in [0.5, 0.6) is 0 Å². The molecular formula is C33H28N2O3. The van der Waals surface area contributed by atoms with E-state index in [1.54, 1.807) is 0 Å². The molecule has 0 bridgehead atoms. The highest BCUT2D eigenvalue weighted by Gasteiger charge is 2.39. The van der Waals surface area contributed by atoms with Crippen LogP contribution in [0.15, 0.2) is 127 Å². The number of aliphatic carboxylic acids is 1. The minimum absolute atomic E-state index is 0.0416. The van der Waals surface area contributed by atoms with Crippen LogP contribution in [0.4, 0.5) is 0 Å². The minimum atomic E-state index is -1.11. The molecule has 4 aromatic carbocycles. The van der Waals surface area contributed by atoms with Gasteiger partial charge >= 0.3 is 5.97 Å². The topological polar surface area (TPSA) is 79.3 Å². The van der Waals surface area contributed by atoms with Gasteiger partial charge in [-0.25, -0.2) is 4.79 Å². The van der Waals surface area contributed by atoms with E-state index in [-0.39, 0.29) is 18.7 Å². The monoisotopic (exact) mass is 500 g/mol. The molecule has 5 aromatic rings. The molecule has 1 atom stereocenters. The van der Waals surface area contributed by atoms with Crippen molar-refractivity contribution in [1.82, 2.24) is 10.3 Å². The zero-order valence-corrected chi connectivity index (χ0v) is 20.8. The number of rotatable bonds is 9. The molecule has 38 heavy (non-hydrogen) atoms. The number of benzene rings is 4. The summed E-state index contributed by atoms with van der Waals surface area (Å²) in [5.41, 5.74) is 3.45. The van der Waals surface area contributed by atoms with Gasteiger partial charge in [0.15, 0.2) is 0 Å². The molecule has 0 aliphatic rings. The number of carboxylic acid groups (broad SMARTS) is 1. The number of para-hydroxylation sites is 1. The summed E-state index contributed by atoms with van der Waals surface area (Å²) in [5, 5.41) is 13.8. The molecule has 0 saturated carbocycles. The Bertz CT molecular complexity index is 1440. The van der Waals surface area contributed by atoms with Gasteiger partial charge in [-0.05, 0) is 28.8 Å². The van der Waals surface area contributed by atoms with E-state index < -0.39 is 17.4 Å². The molecule has 5 heteroatoms. The van der Waals surface area contributed by atoms with Crippen LogP contribution in [0.1, 0.15) is 28.8 Å². The molecule has 0 aliphatic heterocycles. The van der Waals surface area contributed by atoms with Crippen molar-refractivity contribution >= 4 is 22.8 Å². The Morgan fingerprint density at radius 2 is 1.18 bits per heavy atom. The highest BCUT2D eigenvalue weighted by molar-refractivity contribution is 5.86. The Labute approximate surface area is 221 Å². The third-order valence-corrected chi connectivity index (χ3v) is 6.93. The van der Waals surface area contributed by atoms with Crippen molar-refractivity contribution in [3.05, 3.63) is 150 Å². The molecule has 188 valence electrons. The van der Waals surface area contributed by atoms with Crippen LogP contribution in [0.2, 0.25) is 0 Å². The molecule has 0 saturated heterocycles. The summed E-state index contributed by atoms with van der Waals surface area (Å²) in [4.78, 5) is 30.5. The van der Waals surface area contributed by atoms with Gasteiger partial charge in [-0.3, -0.25) is 9.78 Å². The van der Waals surface area contributed by atoms with E-state index in [1.807, 2.05) is 127 Å². The second kappa shape index (κ2) is 11.1. The van der Waals surface area contributed by atoms with E-state index >= 15 is 0 Å². The van der Waals surface area contributed by atoms with Crippen LogP contribution in [-0.2, 0) is 21.4 Å². The first kappa shape index (κ1) is 24.9. The predicted molar refractivity (Wildman–Crippen MR) is 149 cm³/mol. The first-order chi connectivity index (χ1) is 18.6. The van der Waals surface area contributed by atoms with Crippen LogP contribution in [0, 0.1) is 0 Å². The number of amides is 1. The van der Waals surface area contributed by atoms with E-state index in [1.165, 1.54) is 0 Å². The van der Waals surface area contributed by atoms with Crippen molar-refractivity contribution in [1.29, 1.82) is 0 Å². The Balaban J connectivity index is 1.49. The summed E-state index contributed by atoms with van der Waals surface area (Å²) < 4.78 is 0. The van der Waals surface area contributed by atoms with Gasteiger partial charge in [-0.2, -0.15) is 0 Å². The fraction of sp³-hybridized carbons (Fsp3) is 0.121. The Morgan fingerprint density at radius 3 is 1.71 bits per heavy atom. The van der Waals surface area contributed by atoms with Gasteiger partial charge in [0.25, 0.3) is 0 Å².